The highest BCUT2D eigenvalue weighted by atomic mass is 35.5. The van der Waals surface area contributed by atoms with Crippen molar-refractivity contribution < 1.29 is 27.9 Å². The van der Waals surface area contributed by atoms with E-state index >= 15 is 0 Å². The third kappa shape index (κ3) is 5.64. The number of alkyl halides is 3. The van der Waals surface area contributed by atoms with Crippen molar-refractivity contribution in [3.8, 4) is 17.3 Å². The Hall–Kier alpha value is -4.72. The number of aliphatic hydroxyl groups is 1. The van der Waals surface area contributed by atoms with Gasteiger partial charge in [-0.05, 0) is 24.6 Å². The molecule has 0 spiro atoms. The molecule has 5 heterocycles. The first-order valence-corrected chi connectivity index (χ1v) is 13.8. The summed E-state index contributed by atoms with van der Waals surface area (Å²) in [5.41, 5.74) is -0.363. The SMILES string of the molecule is N#CCn1cc(-c2cnc3c(Nc4ccc(C(=O)N5CC(NC(=O)[C@@H]6C[C@@H](O)CN6)C5)c(Cl)c4)nccn23)c(C(F)(F)F)n1. The fourth-order valence-electron chi connectivity index (χ4n) is 5.21. The summed E-state index contributed by atoms with van der Waals surface area (Å²) in [6.45, 7) is 0.641. The molecule has 44 heavy (non-hydrogen) atoms. The number of likely N-dealkylation sites (tertiary alicyclic amines) is 1. The van der Waals surface area contributed by atoms with E-state index in [1.165, 1.54) is 29.1 Å². The third-order valence-corrected chi connectivity index (χ3v) is 7.68. The maximum Gasteiger partial charge on any atom is 0.435 e. The van der Waals surface area contributed by atoms with Gasteiger partial charge in [-0.25, -0.2) is 9.97 Å². The van der Waals surface area contributed by atoms with Crippen LogP contribution in [0.5, 0.6) is 0 Å². The van der Waals surface area contributed by atoms with Gasteiger partial charge in [0.15, 0.2) is 17.2 Å². The van der Waals surface area contributed by atoms with E-state index in [9.17, 15) is 27.9 Å². The number of carbonyl (C=O) groups excluding carboxylic acids is 2. The molecule has 3 aromatic heterocycles. The van der Waals surface area contributed by atoms with Gasteiger partial charge < -0.3 is 26.0 Å². The lowest BCUT2D eigenvalue weighted by Crippen LogP contribution is -2.62. The molecule has 2 fully saturated rings. The number of nitriles is 1. The monoisotopic (exact) mass is 628 g/mol. The molecule has 1 aromatic carbocycles. The zero-order valence-corrected chi connectivity index (χ0v) is 23.5. The number of hydrogen-bond acceptors (Lipinski definition) is 9. The van der Waals surface area contributed by atoms with Gasteiger partial charge in [0.1, 0.15) is 6.54 Å². The first-order chi connectivity index (χ1) is 21.0. The molecule has 4 aromatic rings. The molecule has 2 aliphatic rings. The van der Waals surface area contributed by atoms with E-state index in [0.29, 0.717) is 31.7 Å². The zero-order chi connectivity index (χ0) is 31.2. The minimum absolute atomic E-state index is 0.0991. The van der Waals surface area contributed by atoms with Crippen molar-refractivity contribution in [3.63, 3.8) is 0 Å². The van der Waals surface area contributed by atoms with Crippen molar-refractivity contribution in [2.45, 2.75) is 37.3 Å². The molecule has 6 rings (SSSR count). The number of benzene rings is 1. The van der Waals surface area contributed by atoms with Crippen LogP contribution in [0, 0.1) is 11.3 Å². The molecule has 2 atom stereocenters. The first-order valence-electron chi connectivity index (χ1n) is 13.4. The van der Waals surface area contributed by atoms with Crippen LogP contribution in [0.4, 0.5) is 24.7 Å². The van der Waals surface area contributed by atoms with Crippen molar-refractivity contribution in [1.29, 1.82) is 5.26 Å². The standard InChI is InChI=1S/C27H24ClF3N10O3/c28-19-7-14(1-2-17(19)26(44)39-11-15(12-39)37-25(43)20-8-16(42)9-34-20)36-23-24-35-10-21(41(24)6-4-33-23)18-13-40(5-3-32)38-22(18)27(29,30)31/h1-2,4,6-7,10,13,15-16,20,34,42H,5,8-9,11-12H2,(H,33,36)(H,37,43)/t16-,20+/m1/s1. The van der Waals surface area contributed by atoms with Crippen LogP contribution in [0.3, 0.4) is 0 Å². The fourth-order valence-corrected chi connectivity index (χ4v) is 5.47. The number of imidazole rings is 1. The van der Waals surface area contributed by atoms with Crippen LogP contribution in [-0.4, -0.2) is 83.8 Å². The molecule has 13 nitrogen and oxygen atoms in total. The van der Waals surface area contributed by atoms with Gasteiger partial charge in [0.05, 0.1) is 52.3 Å². The second-order valence-corrected chi connectivity index (χ2v) is 10.9. The topological polar surface area (TPSA) is 166 Å². The lowest BCUT2D eigenvalue weighted by Gasteiger charge is -2.40. The van der Waals surface area contributed by atoms with Crippen LogP contribution >= 0.6 is 11.6 Å². The molecule has 0 saturated carbocycles. The predicted octanol–water partition coefficient (Wildman–Crippen LogP) is 2.20. The number of hydrogen-bond donors (Lipinski definition) is 4. The van der Waals surface area contributed by atoms with E-state index in [1.54, 1.807) is 23.1 Å². The summed E-state index contributed by atoms with van der Waals surface area (Å²) in [6, 6.07) is 5.79. The second-order valence-electron chi connectivity index (χ2n) is 10.4. The molecule has 0 unspecified atom stereocenters. The summed E-state index contributed by atoms with van der Waals surface area (Å²) in [5, 5.41) is 31.1. The highest BCUT2D eigenvalue weighted by Gasteiger charge is 2.39. The van der Waals surface area contributed by atoms with Crippen LogP contribution < -0.4 is 16.0 Å². The van der Waals surface area contributed by atoms with E-state index in [0.717, 1.165) is 10.9 Å². The van der Waals surface area contributed by atoms with Gasteiger partial charge in [0, 0.05) is 43.9 Å². The summed E-state index contributed by atoms with van der Waals surface area (Å²) >= 11 is 6.46. The summed E-state index contributed by atoms with van der Waals surface area (Å²) < 4.78 is 43.5. The molecule has 2 saturated heterocycles. The summed E-state index contributed by atoms with van der Waals surface area (Å²) in [7, 11) is 0. The smallest absolute Gasteiger partial charge is 0.392 e. The van der Waals surface area contributed by atoms with Gasteiger partial charge in [-0.3, -0.25) is 18.7 Å². The van der Waals surface area contributed by atoms with Gasteiger partial charge in [0.25, 0.3) is 5.91 Å². The maximum absolute atomic E-state index is 13.7. The highest BCUT2D eigenvalue weighted by molar-refractivity contribution is 6.34. The Kier molecular flexibility index (Phi) is 7.61. The van der Waals surface area contributed by atoms with Crippen molar-refractivity contribution >= 4 is 40.6 Å². The molecule has 0 radical (unpaired) electrons. The van der Waals surface area contributed by atoms with Crippen molar-refractivity contribution in [3.05, 3.63) is 59.3 Å². The Morgan fingerprint density at radius 3 is 2.73 bits per heavy atom. The Bertz CT molecular complexity index is 1790. The Labute approximate surface area is 252 Å². The summed E-state index contributed by atoms with van der Waals surface area (Å²) in [4.78, 5) is 35.4. The molecule has 2 amide bonds. The number of halogens is 4. The van der Waals surface area contributed by atoms with Crippen molar-refractivity contribution in [2.24, 2.45) is 0 Å². The minimum atomic E-state index is -4.76. The number of aromatic nitrogens is 5. The van der Waals surface area contributed by atoms with E-state index in [-0.39, 0.29) is 57.7 Å². The molecule has 228 valence electrons. The van der Waals surface area contributed by atoms with Crippen LogP contribution in [0.15, 0.2) is 43.0 Å². The molecular formula is C27H24ClF3N10O3. The van der Waals surface area contributed by atoms with Crippen LogP contribution in [0.25, 0.3) is 16.9 Å². The van der Waals surface area contributed by atoms with Gasteiger partial charge in [-0.1, -0.05) is 11.6 Å². The van der Waals surface area contributed by atoms with Crippen LogP contribution in [-0.2, 0) is 17.5 Å². The van der Waals surface area contributed by atoms with Gasteiger partial charge in [0.2, 0.25) is 5.91 Å². The maximum atomic E-state index is 13.7. The largest absolute Gasteiger partial charge is 0.435 e. The number of amides is 2. The molecule has 0 aliphatic carbocycles. The lowest BCUT2D eigenvalue weighted by molar-refractivity contribution is -0.141. The summed E-state index contributed by atoms with van der Waals surface area (Å²) in [5.74, 6) is -0.301. The molecule has 17 heteroatoms. The number of anilines is 2. The first kappa shape index (κ1) is 29.4. The van der Waals surface area contributed by atoms with Gasteiger partial charge in [-0.15, -0.1) is 0 Å². The Balaban J connectivity index is 1.15. The zero-order valence-electron chi connectivity index (χ0n) is 22.7. The quantitative estimate of drug-likeness (QED) is 0.240. The van der Waals surface area contributed by atoms with Crippen LogP contribution in [0.2, 0.25) is 5.02 Å². The third-order valence-electron chi connectivity index (χ3n) is 7.37. The summed E-state index contributed by atoms with van der Waals surface area (Å²) in [6.07, 6.45) is 0.279. The molecule has 2 aliphatic heterocycles. The highest BCUT2D eigenvalue weighted by Crippen LogP contribution is 2.37. The molecular weight excluding hydrogens is 605 g/mol. The number of carbonyl (C=O) groups is 2. The number of rotatable bonds is 7. The number of fused-ring (bicyclic) bond motifs is 1. The normalized spacial score (nSPS) is 18.7. The van der Waals surface area contributed by atoms with Crippen molar-refractivity contribution in [1.82, 2.24) is 39.7 Å². The Morgan fingerprint density at radius 2 is 2.05 bits per heavy atom. The number of aliphatic hydroxyl groups excluding tert-OH is 1. The molecule has 0 bridgehead atoms. The second kappa shape index (κ2) is 11.4. The fraction of sp³-hybridized carbons (Fsp3) is 0.333. The van der Waals surface area contributed by atoms with Crippen LogP contribution in [0.1, 0.15) is 22.5 Å². The van der Waals surface area contributed by atoms with E-state index in [2.05, 4.69) is 31.0 Å². The molecule has 4 N–H and O–H groups in total. The number of β-amino-alcohol motifs (C(OH)–C–C–N with tert-alkyl or cyclic N) is 1. The lowest BCUT2D eigenvalue weighted by atomic mass is 10.1. The minimum Gasteiger partial charge on any atom is -0.392 e. The van der Waals surface area contributed by atoms with E-state index in [4.69, 9.17) is 16.9 Å². The van der Waals surface area contributed by atoms with Crippen molar-refractivity contribution in [2.75, 3.05) is 25.0 Å². The number of nitrogens with zero attached hydrogens (tertiary/aromatic N) is 7. The average molecular weight is 629 g/mol. The van der Waals surface area contributed by atoms with Gasteiger partial charge in [-0.2, -0.15) is 23.5 Å². The predicted molar refractivity (Wildman–Crippen MR) is 150 cm³/mol. The number of nitrogens with one attached hydrogen (secondary N) is 3. The van der Waals surface area contributed by atoms with Gasteiger partial charge >= 0.3 is 6.18 Å². The average Bonchev–Trinajstić information content (AvgIpc) is 3.69. The van der Waals surface area contributed by atoms with E-state index in [1.807, 2.05) is 0 Å². The Morgan fingerprint density at radius 1 is 1.25 bits per heavy atom. The van der Waals surface area contributed by atoms with E-state index < -0.39 is 24.0 Å².